The van der Waals surface area contributed by atoms with Gasteiger partial charge in [0.05, 0.1) is 18.7 Å². The van der Waals surface area contributed by atoms with Gasteiger partial charge in [-0.05, 0) is 67.6 Å². The second-order valence-electron chi connectivity index (χ2n) is 8.87. The molecule has 0 bridgehead atoms. The van der Waals surface area contributed by atoms with Crippen LogP contribution in [0.1, 0.15) is 69.7 Å². The van der Waals surface area contributed by atoms with Gasteiger partial charge in [0.15, 0.2) is 0 Å². The summed E-state index contributed by atoms with van der Waals surface area (Å²) in [6.07, 6.45) is 0.709. The fourth-order valence-electron chi connectivity index (χ4n) is 4.64. The summed E-state index contributed by atoms with van der Waals surface area (Å²) < 4.78 is 5.46. The van der Waals surface area contributed by atoms with E-state index in [1.807, 2.05) is 51.1 Å². The number of hydrogen-bond acceptors (Lipinski definition) is 5. The molecule has 0 spiro atoms. The minimum Gasteiger partial charge on any atom is -0.507 e. The van der Waals surface area contributed by atoms with E-state index in [1.54, 1.807) is 24.1 Å². The first-order chi connectivity index (χ1) is 16.3. The fraction of sp³-hybridized carbons (Fsp3) is 0.429. The predicted molar refractivity (Wildman–Crippen MR) is 136 cm³/mol. The maximum absolute atomic E-state index is 13.2. The van der Waals surface area contributed by atoms with E-state index < -0.39 is 17.7 Å². The van der Waals surface area contributed by atoms with Crippen molar-refractivity contribution in [1.82, 2.24) is 4.90 Å². The van der Waals surface area contributed by atoms with Crippen LogP contribution in [-0.4, -0.2) is 48.4 Å². The number of ether oxygens (including phenoxy) is 1. The molecule has 1 aliphatic rings. The molecule has 1 fully saturated rings. The third kappa shape index (κ3) is 4.67. The monoisotopic (exact) mass is 464 g/mol. The molecule has 182 valence electrons. The van der Waals surface area contributed by atoms with Crippen LogP contribution in [-0.2, 0) is 9.59 Å². The predicted octanol–water partition coefficient (Wildman–Crippen LogP) is 5.50. The van der Waals surface area contributed by atoms with Gasteiger partial charge in [0, 0.05) is 30.9 Å². The van der Waals surface area contributed by atoms with Gasteiger partial charge in [-0.15, -0.1) is 0 Å². The second kappa shape index (κ2) is 10.8. The number of nitrogens with zero attached hydrogens (tertiary/aromatic N) is 2. The van der Waals surface area contributed by atoms with Crippen molar-refractivity contribution in [2.24, 2.45) is 0 Å². The van der Waals surface area contributed by atoms with Crippen molar-refractivity contribution in [1.29, 1.82) is 0 Å². The standard InChI is InChI=1S/C28H36N2O4/c1-7-16-30-25(19-10-13-21(14-11-19)29(8-2)9-3)24(27(32)28(30)33)26(31)20-12-15-23(34-6)22(17-20)18(4)5/h10-15,17-18,25,31H,7-9,16H2,1-6H3/b26-24-. The smallest absolute Gasteiger partial charge is 0.295 e. The Balaban J connectivity index is 2.15. The number of methoxy groups -OCH3 is 1. The zero-order valence-corrected chi connectivity index (χ0v) is 21.1. The number of anilines is 1. The van der Waals surface area contributed by atoms with Crippen molar-refractivity contribution in [3.63, 3.8) is 0 Å². The lowest BCUT2D eigenvalue weighted by Crippen LogP contribution is -2.30. The largest absolute Gasteiger partial charge is 0.507 e. The van der Waals surface area contributed by atoms with E-state index in [4.69, 9.17) is 4.74 Å². The highest BCUT2D eigenvalue weighted by molar-refractivity contribution is 6.46. The molecule has 1 aliphatic heterocycles. The highest BCUT2D eigenvalue weighted by atomic mass is 16.5. The molecular weight excluding hydrogens is 428 g/mol. The lowest BCUT2D eigenvalue weighted by atomic mass is 9.93. The Morgan fingerprint density at radius 2 is 1.71 bits per heavy atom. The minimum absolute atomic E-state index is 0.133. The zero-order chi connectivity index (χ0) is 25.0. The number of amides is 1. The molecule has 2 aromatic rings. The van der Waals surface area contributed by atoms with Crippen molar-refractivity contribution in [3.8, 4) is 5.75 Å². The Morgan fingerprint density at radius 3 is 2.24 bits per heavy atom. The van der Waals surface area contributed by atoms with E-state index in [0.717, 1.165) is 35.7 Å². The molecular formula is C28H36N2O4. The summed E-state index contributed by atoms with van der Waals surface area (Å²) in [6, 6.07) is 12.7. The summed E-state index contributed by atoms with van der Waals surface area (Å²) in [5.74, 6) is -0.487. The van der Waals surface area contributed by atoms with Crippen molar-refractivity contribution in [2.75, 3.05) is 31.6 Å². The van der Waals surface area contributed by atoms with Gasteiger partial charge in [-0.3, -0.25) is 9.59 Å². The maximum atomic E-state index is 13.2. The number of aliphatic hydroxyl groups excluding tert-OH is 1. The summed E-state index contributed by atoms with van der Waals surface area (Å²) in [5.41, 5.74) is 3.45. The van der Waals surface area contributed by atoms with Gasteiger partial charge in [0.1, 0.15) is 11.5 Å². The van der Waals surface area contributed by atoms with Gasteiger partial charge in [-0.25, -0.2) is 0 Å². The number of carbonyl (C=O) groups is 2. The second-order valence-corrected chi connectivity index (χ2v) is 8.87. The van der Waals surface area contributed by atoms with Crippen molar-refractivity contribution < 1.29 is 19.4 Å². The van der Waals surface area contributed by atoms with E-state index in [-0.39, 0.29) is 17.3 Å². The van der Waals surface area contributed by atoms with Crippen molar-refractivity contribution in [2.45, 2.75) is 53.0 Å². The molecule has 6 heteroatoms. The SMILES string of the molecule is CCCN1C(=O)C(=O)/C(=C(\O)c2ccc(OC)c(C(C)C)c2)C1c1ccc(N(CC)CC)cc1. The molecule has 1 heterocycles. The molecule has 1 N–H and O–H groups in total. The lowest BCUT2D eigenvalue weighted by molar-refractivity contribution is -0.139. The van der Waals surface area contributed by atoms with Crippen LogP contribution in [0.3, 0.4) is 0 Å². The van der Waals surface area contributed by atoms with Gasteiger partial charge in [-0.2, -0.15) is 0 Å². The topological polar surface area (TPSA) is 70.1 Å². The van der Waals surface area contributed by atoms with E-state index in [0.29, 0.717) is 18.5 Å². The van der Waals surface area contributed by atoms with Crippen LogP contribution >= 0.6 is 0 Å². The first-order valence-corrected chi connectivity index (χ1v) is 12.1. The molecule has 1 atom stereocenters. The molecule has 0 radical (unpaired) electrons. The maximum Gasteiger partial charge on any atom is 0.295 e. The number of benzene rings is 2. The molecule has 2 aromatic carbocycles. The number of ketones is 1. The number of Topliss-reactive ketones (excluding diaryl/α,β-unsaturated/α-hetero) is 1. The molecule has 1 amide bonds. The molecule has 0 aromatic heterocycles. The normalized spacial score (nSPS) is 17.5. The Labute approximate surface area is 202 Å². The first-order valence-electron chi connectivity index (χ1n) is 12.1. The molecule has 1 unspecified atom stereocenters. The number of likely N-dealkylation sites (tertiary alicyclic amines) is 1. The van der Waals surface area contributed by atoms with Crippen LogP contribution in [0.15, 0.2) is 48.0 Å². The quantitative estimate of drug-likeness (QED) is 0.302. The van der Waals surface area contributed by atoms with Crippen molar-refractivity contribution in [3.05, 3.63) is 64.7 Å². The number of carbonyl (C=O) groups excluding carboxylic acids is 2. The number of aliphatic hydroxyl groups is 1. The summed E-state index contributed by atoms with van der Waals surface area (Å²) in [6.45, 7) is 12.5. The average Bonchev–Trinajstić information content (AvgIpc) is 3.09. The lowest BCUT2D eigenvalue weighted by Gasteiger charge is -2.26. The Hall–Kier alpha value is -3.28. The molecule has 0 saturated carbocycles. The van der Waals surface area contributed by atoms with Gasteiger partial charge in [0.2, 0.25) is 0 Å². The minimum atomic E-state index is -0.648. The average molecular weight is 465 g/mol. The fourth-order valence-corrected chi connectivity index (χ4v) is 4.64. The highest BCUT2D eigenvalue weighted by Gasteiger charge is 2.45. The molecule has 6 nitrogen and oxygen atoms in total. The summed E-state index contributed by atoms with van der Waals surface area (Å²) in [7, 11) is 1.61. The molecule has 34 heavy (non-hydrogen) atoms. The van der Waals surface area contributed by atoms with Crippen LogP contribution in [0.2, 0.25) is 0 Å². The van der Waals surface area contributed by atoms with Crippen molar-refractivity contribution >= 4 is 23.1 Å². The van der Waals surface area contributed by atoms with Crippen LogP contribution < -0.4 is 9.64 Å². The third-order valence-electron chi connectivity index (χ3n) is 6.47. The zero-order valence-electron chi connectivity index (χ0n) is 21.1. The van der Waals surface area contributed by atoms with Crippen LogP contribution in [0.5, 0.6) is 5.75 Å². The van der Waals surface area contributed by atoms with Crippen LogP contribution in [0, 0.1) is 0 Å². The first kappa shape index (κ1) is 25.3. The number of hydrogen-bond donors (Lipinski definition) is 1. The highest BCUT2D eigenvalue weighted by Crippen LogP contribution is 2.40. The summed E-state index contributed by atoms with van der Waals surface area (Å²) in [4.78, 5) is 29.9. The van der Waals surface area contributed by atoms with E-state index in [1.165, 1.54) is 0 Å². The Bertz CT molecular complexity index is 1070. The Morgan fingerprint density at radius 1 is 1.06 bits per heavy atom. The van der Waals surface area contributed by atoms with E-state index >= 15 is 0 Å². The van der Waals surface area contributed by atoms with Gasteiger partial charge in [0.25, 0.3) is 11.7 Å². The summed E-state index contributed by atoms with van der Waals surface area (Å²) >= 11 is 0. The molecule has 1 saturated heterocycles. The number of rotatable bonds is 9. The van der Waals surface area contributed by atoms with Crippen LogP contribution in [0.25, 0.3) is 5.76 Å². The van der Waals surface area contributed by atoms with Gasteiger partial charge in [-0.1, -0.05) is 32.9 Å². The molecule has 0 aliphatic carbocycles. The van der Waals surface area contributed by atoms with E-state index in [2.05, 4.69) is 18.7 Å². The third-order valence-corrected chi connectivity index (χ3v) is 6.47. The van der Waals surface area contributed by atoms with Gasteiger partial charge < -0.3 is 19.6 Å². The molecule has 3 rings (SSSR count). The van der Waals surface area contributed by atoms with Gasteiger partial charge >= 0.3 is 0 Å². The van der Waals surface area contributed by atoms with E-state index in [9.17, 15) is 14.7 Å². The Kier molecular flexibility index (Phi) is 8.02. The van der Waals surface area contributed by atoms with Crippen LogP contribution in [0.4, 0.5) is 5.69 Å². The summed E-state index contributed by atoms with van der Waals surface area (Å²) in [5, 5.41) is 11.3.